The molecular formula is C25H15Cl3N2O3S. The van der Waals surface area contributed by atoms with Crippen molar-refractivity contribution in [3.8, 4) is 0 Å². The minimum atomic E-state index is -0.952. The molecule has 1 saturated heterocycles. The number of nitrogens with zero attached hydrogens (tertiary/aromatic N) is 2. The molecule has 1 amide bonds. The number of thiazole rings is 1. The Bertz CT molecular complexity index is 1510. The van der Waals surface area contributed by atoms with Crippen LogP contribution in [-0.2, 0) is 9.59 Å². The number of aliphatic hydroxyl groups excluding tert-OH is 1. The Balaban J connectivity index is 1.74. The Morgan fingerprint density at radius 3 is 2.41 bits per heavy atom. The van der Waals surface area contributed by atoms with Crippen molar-refractivity contribution < 1.29 is 14.7 Å². The lowest BCUT2D eigenvalue weighted by Crippen LogP contribution is -2.29. The molecule has 1 aliphatic heterocycles. The van der Waals surface area contributed by atoms with Crippen molar-refractivity contribution in [2.75, 3.05) is 4.90 Å². The lowest BCUT2D eigenvalue weighted by Gasteiger charge is -2.23. The summed E-state index contributed by atoms with van der Waals surface area (Å²) >= 11 is 19.7. The highest BCUT2D eigenvalue weighted by molar-refractivity contribution is 7.22. The van der Waals surface area contributed by atoms with Crippen molar-refractivity contribution in [3.05, 3.63) is 98.0 Å². The van der Waals surface area contributed by atoms with Crippen molar-refractivity contribution in [3.63, 3.8) is 0 Å². The van der Waals surface area contributed by atoms with Gasteiger partial charge in [0.1, 0.15) is 5.76 Å². The van der Waals surface area contributed by atoms with Crippen LogP contribution in [0.1, 0.15) is 22.7 Å². The van der Waals surface area contributed by atoms with E-state index >= 15 is 0 Å². The largest absolute Gasteiger partial charge is 0.507 e. The van der Waals surface area contributed by atoms with Crippen LogP contribution in [0.15, 0.2) is 66.2 Å². The number of amides is 1. The molecule has 0 radical (unpaired) electrons. The third kappa shape index (κ3) is 3.87. The summed E-state index contributed by atoms with van der Waals surface area (Å²) in [6, 6.07) is 16.1. The van der Waals surface area contributed by atoms with E-state index in [1.54, 1.807) is 48.5 Å². The fraction of sp³-hybridized carbons (Fsp3) is 0.0800. The third-order valence-electron chi connectivity index (χ3n) is 5.57. The van der Waals surface area contributed by atoms with Crippen molar-refractivity contribution in [2.45, 2.75) is 13.0 Å². The van der Waals surface area contributed by atoms with E-state index in [2.05, 4.69) is 4.98 Å². The van der Waals surface area contributed by atoms with Gasteiger partial charge in [0, 0.05) is 10.6 Å². The smallest absolute Gasteiger partial charge is 0.301 e. The van der Waals surface area contributed by atoms with Crippen LogP contribution in [0.2, 0.25) is 15.1 Å². The predicted molar refractivity (Wildman–Crippen MR) is 137 cm³/mol. The third-order valence-corrected chi connectivity index (χ3v) is 7.57. The maximum Gasteiger partial charge on any atom is 0.301 e. The second-order valence-electron chi connectivity index (χ2n) is 7.82. The highest BCUT2D eigenvalue weighted by Gasteiger charge is 2.48. The second kappa shape index (κ2) is 8.71. The van der Waals surface area contributed by atoms with Gasteiger partial charge in [-0.15, -0.1) is 0 Å². The monoisotopic (exact) mass is 528 g/mol. The Kier molecular flexibility index (Phi) is 5.86. The normalized spacial score (nSPS) is 17.6. The van der Waals surface area contributed by atoms with Gasteiger partial charge in [-0.05, 0) is 42.8 Å². The zero-order valence-electron chi connectivity index (χ0n) is 17.6. The average Bonchev–Trinajstić information content (AvgIpc) is 3.33. The van der Waals surface area contributed by atoms with Crippen LogP contribution in [0.3, 0.4) is 0 Å². The number of carbonyl (C=O) groups excluding carboxylic acids is 2. The first-order chi connectivity index (χ1) is 16.2. The molecule has 0 saturated carbocycles. The zero-order chi connectivity index (χ0) is 24.1. The molecule has 1 fully saturated rings. The number of carbonyl (C=O) groups is 2. The molecule has 0 bridgehead atoms. The number of ketones is 1. The standard InChI is InChI=1S/C25H15Cl3N2O3S/c1-12-2-4-13(5-3-12)22(31)20-21(14-6-8-16(27)17(28)10-14)30(24(33)23(20)32)25-29-18-9-7-15(26)11-19(18)34-25/h2-11,21,31H,1H3. The van der Waals surface area contributed by atoms with Crippen LogP contribution in [0.4, 0.5) is 5.13 Å². The number of anilines is 1. The fourth-order valence-corrected chi connectivity index (χ4v) is 5.46. The molecule has 1 aromatic heterocycles. The number of halogens is 3. The van der Waals surface area contributed by atoms with Gasteiger partial charge in [0.2, 0.25) is 0 Å². The molecule has 5 rings (SSSR count). The summed E-state index contributed by atoms with van der Waals surface area (Å²) in [5, 5.41) is 12.6. The number of rotatable bonds is 3. The van der Waals surface area contributed by atoms with Gasteiger partial charge in [0.05, 0.1) is 31.9 Å². The van der Waals surface area contributed by atoms with Crippen LogP contribution >= 0.6 is 46.1 Å². The molecule has 1 unspecified atom stereocenters. The molecule has 1 N–H and O–H groups in total. The minimum Gasteiger partial charge on any atom is -0.507 e. The van der Waals surface area contributed by atoms with Gasteiger partial charge < -0.3 is 5.11 Å². The molecule has 1 atom stereocenters. The van der Waals surface area contributed by atoms with E-state index in [1.807, 2.05) is 19.1 Å². The second-order valence-corrected chi connectivity index (χ2v) is 10.1. The molecule has 170 valence electrons. The molecule has 0 spiro atoms. The van der Waals surface area contributed by atoms with Gasteiger partial charge in [-0.2, -0.15) is 0 Å². The number of hydrogen-bond donors (Lipinski definition) is 1. The molecule has 4 aromatic rings. The summed E-state index contributed by atoms with van der Waals surface area (Å²) < 4.78 is 0.760. The van der Waals surface area contributed by atoms with Crippen molar-refractivity contribution in [1.29, 1.82) is 0 Å². The molecule has 0 aliphatic carbocycles. The summed E-state index contributed by atoms with van der Waals surface area (Å²) in [7, 11) is 0. The van der Waals surface area contributed by atoms with E-state index in [4.69, 9.17) is 34.8 Å². The number of aryl methyl sites for hydroxylation is 1. The summed E-state index contributed by atoms with van der Waals surface area (Å²) in [5.74, 6) is -1.89. The molecule has 34 heavy (non-hydrogen) atoms. The lowest BCUT2D eigenvalue weighted by atomic mass is 9.95. The molecule has 3 aromatic carbocycles. The van der Waals surface area contributed by atoms with E-state index in [9.17, 15) is 14.7 Å². The van der Waals surface area contributed by atoms with E-state index in [1.165, 1.54) is 16.2 Å². The van der Waals surface area contributed by atoms with Crippen molar-refractivity contribution >= 4 is 78.9 Å². The Labute approximate surface area is 213 Å². The fourth-order valence-electron chi connectivity index (χ4n) is 3.88. The van der Waals surface area contributed by atoms with Crippen molar-refractivity contribution in [1.82, 2.24) is 4.98 Å². The Morgan fingerprint density at radius 2 is 1.71 bits per heavy atom. The van der Waals surface area contributed by atoms with Crippen LogP contribution in [-0.4, -0.2) is 21.8 Å². The molecule has 1 aliphatic rings. The number of benzene rings is 3. The first-order valence-corrected chi connectivity index (χ1v) is 12.1. The van der Waals surface area contributed by atoms with E-state index < -0.39 is 17.7 Å². The first-order valence-electron chi connectivity index (χ1n) is 10.1. The lowest BCUT2D eigenvalue weighted by molar-refractivity contribution is -0.132. The minimum absolute atomic E-state index is 0.0514. The summed E-state index contributed by atoms with van der Waals surface area (Å²) in [6.07, 6.45) is 0. The molecule has 9 heteroatoms. The number of aliphatic hydroxyl groups is 1. The van der Waals surface area contributed by atoms with Crippen molar-refractivity contribution in [2.24, 2.45) is 0 Å². The van der Waals surface area contributed by atoms with E-state index in [-0.39, 0.29) is 16.4 Å². The zero-order valence-corrected chi connectivity index (χ0v) is 20.6. The van der Waals surface area contributed by atoms with Gasteiger partial charge in [-0.25, -0.2) is 4.98 Å². The quantitative estimate of drug-likeness (QED) is 0.173. The number of Topliss-reactive ketones (excluding diaryl/α,β-unsaturated/α-hetero) is 1. The van der Waals surface area contributed by atoms with Gasteiger partial charge in [0.25, 0.3) is 5.78 Å². The van der Waals surface area contributed by atoms with Crippen LogP contribution in [0.5, 0.6) is 0 Å². The summed E-state index contributed by atoms with van der Waals surface area (Å²) in [4.78, 5) is 32.4. The average molecular weight is 530 g/mol. The predicted octanol–water partition coefficient (Wildman–Crippen LogP) is 7.19. The summed E-state index contributed by atoms with van der Waals surface area (Å²) in [5.41, 5.74) is 2.51. The SMILES string of the molecule is Cc1ccc(C(O)=C2C(=O)C(=O)N(c3nc4ccc(Cl)cc4s3)C2c2ccc(Cl)c(Cl)c2)cc1. The maximum absolute atomic E-state index is 13.3. The van der Waals surface area contributed by atoms with Crippen LogP contribution in [0.25, 0.3) is 16.0 Å². The highest BCUT2D eigenvalue weighted by atomic mass is 35.5. The van der Waals surface area contributed by atoms with E-state index in [0.29, 0.717) is 31.8 Å². The van der Waals surface area contributed by atoms with Gasteiger partial charge >= 0.3 is 5.91 Å². The van der Waals surface area contributed by atoms with Gasteiger partial charge in [-0.3, -0.25) is 14.5 Å². The van der Waals surface area contributed by atoms with Crippen LogP contribution in [0, 0.1) is 6.92 Å². The number of fused-ring (bicyclic) bond motifs is 1. The number of aromatic nitrogens is 1. The first kappa shape index (κ1) is 22.9. The molecular weight excluding hydrogens is 515 g/mol. The van der Waals surface area contributed by atoms with Gasteiger partial charge in [-0.1, -0.05) is 82.0 Å². The Hall–Kier alpha value is -2.90. The Morgan fingerprint density at radius 1 is 0.971 bits per heavy atom. The molecule has 5 nitrogen and oxygen atoms in total. The van der Waals surface area contributed by atoms with Crippen LogP contribution < -0.4 is 4.90 Å². The maximum atomic E-state index is 13.3. The van der Waals surface area contributed by atoms with Gasteiger partial charge in [0.15, 0.2) is 5.13 Å². The van der Waals surface area contributed by atoms with E-state index in [0.717, 1.165) is 10.3 Å². The summed E-state index contributed by atoms with van der Waals surface area (Å²) in [6.45, 7) is 1.91. The number of hydrogen-bond acceptors (Lipinski definition) is 5. The topological polar surface area (TPSA) is 70.5 Å². The highest BCUT2D eigenvalue weighted by Crippen LogP contribution is 2.45. The molecule has 2 heterocycles.